The van der Waals surface area contributed by atoms with Crippen LogP contribution in [0.1, 0.15) is 18.9 Å². The lowest BCUT2D eigenvalue weighted by molar-refractivity contribution is 0.171. The molecule has 0 amide bonds. The Morgan fingerprint density at radius 2 is 2.24 bits per heavy atom. The molecule has 0 aromatic heterocycles. The largest absolute Gasteiger partial charge is 0.486 e. The zero-order valence-corrected chi connectivity index (χ0v) is 9.90. The predicted molar refractivity (Wildman–Crippen MR) is 66.5 cm³/mol. The van der Waals surface area contributed by atoms with Gasteiger partial charge in [0.1, 0.15) is 19.0 Å². The van der Waals surface area contributed by atoms with Gasteiger partial charge >= 0.3 is 0 Å². The van der Waals surface area contributed by atoms with Gasteiger partial charge in [0.25, 0.3) is 0 Å². The van der Waals surface area contributed by atoms with E-state index in [1.165, 1.54) is 0 Å². The van der Waals surface area contributed by atoms with E-state index in [-0.39, 0.29) is 0 Å². The minimum absolute atomic E-state index is 0.551. The second kappa shape index (κ2) is 5.54. The van der Waals surface area contributed by atoms with Crippen molar-refractivity contribution in [2.24, 2.45) is 10.8 Å². The van der Waals surface area contributed by atoms with Crippen LogP contribution < -0.4 is 20.7 Å². The van der Waals surface area contributed by atoms with Crippen molar-refractivity contribution in [1.82, 2.24) is 5.43 Å². The van der Waals surface area contributed by atoms with Crippen LogP contribution in [0.5, 0.6) is 11.5 Å². The molecule has 0 saturated carbocycles. The number of nitrogens with two attached hydrogens (primary N) is 1. The lowest BCUT2D eigenvalue weighted by Crippen LogP contribution is -2.32. The Hall–Kier alpha value is -1.75. The fourth-order valence-electron chi connectivity index (χ4n) is 1.69. The van der Waals surface area contributed by atoms with Gasteiger partial charge in [-0.1, -0.05) is 13.0 Å². The summed E-state index contributed by atoms with van der Waals surface area (Å²) in [6.45, 7) is 3.92. The Bertz CT molecular complexity index is 418. The number of rotatable bonds is 3. The lowest BCUT2D eigenvalue weighted by atomic mass is 10.1. The predicted octanol–water partition coefficient (Wildman–Crippen LogP) is 1.08. The minimum Gasteiger partial charge on any atom is -0.486 e. The van der Waals surface area contributed by atoms with Crippen molar-refractivity contribution in [3.8, 4) is 11.5 Å². The summed E-state index contributed by atoms with van der Waals surface area (Å²) >= 11 is 0. The molecule has 92 valence electrons. The van der Waals surface area contributed by atoms with Gasteiger partial charge in [0.05, 0.1) is 5.56 Å². The lowest BCUT2D eigenvalue weighted by Gasteiger charge is -2.21. The third kappa shape index (κ3) is 2.50. The van der Waals surface area contributed by atoms with Crippen LogP contribution >= 0.6 is 0 Å². The van der Waals surface area contributed by atoms with Crippen molar-refractivity contribution in [2.45, 2.75) is 13.3 Å². The first-order valence-corrected chi connectivity index (χ1v) is 5.77. The molecular weight excluding hydrogens is 218 g/mol. The molecular formula is C12H17N3O2. The molecule has 1 aromatic carbocycles. The highest BCUT2D eigenvalue weighted by Gasteiger charge is 2.18. The van der Waals surface area contributed by atoms with E-state index in [2.05, 4.69) is 17.3 Å². The highest BCUT2D eigenvalue weighted by atomic mass is 16.6. The first kappa shape index (κ1) is 11.7. The summed E-state index contributed by atoms with van der Waals surface area (Å²) < 4.78 is 11.1. The number of hydrogen-bond donors (Lipinski definition) is 2. The number of hydrazine groups is 1. The standard InChI is InChI=1S/C12H17N3O2/c1-2-6-14-12(15-13)9-4-3-5-10-11(9)17-8-7-16-10/h3-5H,2,6-8,13H2,1H3,(H,14,15). The van der Waals surface area contributed by atoms with Crippen LogP contribution in [0.25, 0.3) is 0 Å². The van der Waals surface area contributed by atoms with E-state index < -0.39 is 0 Å². The van der Waals surface area contributed by atoms with Crippen LogP contribution in [0.4, 0.5) is 0 Å². The normalized spacial score (nSPS) is 14.6. The first-order valence-electron chi connectivity index (χ1n) is 5.77. The maximum atomic E-state index is 5.62. The molecule has 0 aliphatic carbocycles. The van der Waals surface area contributed by atoms with Gasteiger partial charge in [0.2, 0.25) is 0 Å². The number of ether oxygens (including phenoxy) is 2. The molecule has 2 rings (SSSR count). The Labute approximate surface area is 101 Å². The minimum atomic E-state index is 0.551. The average Bonchev–Trinajstić information content (AvgIpc) is 2.40. The molecule has 1 aromatic rings. The molecule has 0 radical (unpaired) electrons. The molecule has 5 heteroatoms. The fraction of sp³-hybridized carbons (Fsp3) is 0.417. The topological polar surface area (TPSA) is 68.9 Å². The van der Waals surface area contributed by atoms with Gasteiger partial charge in [-0.2, -0.15) is 0 Å². The van der Waals surface area contributed by atoms with E-state index in [0.29, 0.717) is 24.8 Å². The van der Waals surface area contributed by atoms with Crippen LogP contribution in [0, 0.1) is 0 Å². The molecule has 0 bridgehead atoms. The molecule has 0 spiro atoms. The Morgan fingerprint density at radius 1 is 1.41 bits per heavy atom. The number of fused-ring (bicyclic) bond motifs is 1. The molecule has 0 unspecified atom stereocenters. The third-order valence-electron chi connectivity index (χ3n) is 2.45. The number of para-hydroxylation sites is 1. The Kier molecular flexibility index (Phi) is 3.82. The van der Waals surface area contributed by atoms with Crippen LogP contribution in [0.2, 0.25) is 0 Å². The number of nitrogens with zero attached hydrogens (tertiary/aromatic N) is 1. The second-order valence-corrected chi connectivity index (χ2v) is 3.70. The molecule has 0 fully saturated rings. The molecule has 1 aliphatic heterocycles. The summed E-state index contributed by atoms with van der Waals surface area (Å²) in [5, 5.41) is 0. The smallest absolute Gasteiger partial charge is 0.172 e. The summed E-state index contributed by atoms with van der Waals surface area (Å²) in [5.41, 5.74) is 3.46. The van der Waals surface area contributed by atoms with Crippen molar-refractivity contribution >= 4 is 5.84 Å². The van der Waals surface area contributed by atoms with Gasteiger partial charge in [-0.25, -0.2) is 5.84 Å². The van der Waals surface area contributed by atoms with Gasteiger partial charge in [0.15, 0.2) is 11.5 Å². The highest BCUT2D eigenvalue weighted by molar-refractivity contribution is 6.01. The van der Waals surface area contributed by atoms with Gasteiger partial charge in [0, 0.05) is 6.54 Å². The molecule has 1 heterocycles. The van der Waals surface area contributed by atoms with Crippen molar-refractivity contribution in [3.63, 3.8) is 0 Å². The van der Waals surface area contributed by atoms with Crippen molar-refractivity contribution < 1.29 is 9.47 Å². The monoisotopic (exact) mass is 235 g/mol. The zero-order chi connectivity index (χ0) is 12.1. The average molecular weight is 235 g/mol. The molecule has 0 saturated heterocycles. The number of nitrogens with one attached hydrogen (secondary N) is 1. The molecule has 1 aliphatic rings. The summed E-state index contributed by atoms with van der Waals surface area (Å²) in [6, 6.07) is 5.70. The van der Waals surface area contributed by atoms with E-state index in [9.17, 15) is 0 Å². The van der Waals surface area contributed by atoms with Crippen LogP contribution in [0.15, 0.2) is 23.2 Å². The van der Waals surface area contributed by atoms with E-state index in [4.69, 9.17) is 15.3 Å². The SMILES string of the molecule is CCCN=C(NN)c1cccc2c1OCCO2. The summed E-state index contributed by atoms with van der Waals surface area (Å²) in [7, 11) is 0. The molecule has 0 atom stereocenters. The van der Waals surface area contributed by atoms with Crippen molar-refractivity contribution in [1.29, 1.82) is 0 Å². The van der Waals surface area contributed by atoms with Crippen molar-refractivity contribution in [2.75, 3.05) is 19.8 Å². The van der Waals surface area contributed by atoms with E-state index in [1.54, 1.807) is 0 Å². The van der Waals surface area contributed by atoms with Gasteiger partial charge in [-0.05, 0) is 18.6 Å². The van der Waals surface area contributed by atoms with E-state index in [0.717, 1.165) is 24.3 Å². The van der Waals surface area contributed by atoms with Crippen molar-refractivity contribution in [3.05, 3.63) is 23.8 Å². The highest BCUT2D eigenvalue weighted by Crippen LogP contribution is 2.33. The Morgan fingerprint density at radius 3 is 3.00 bits per heavy atom. The zero-order valence-electron chi connectivity index (χ0n) is 9.90. The van der Waals surface area contributed by atoms with E-state index in [1.807, 2.05) is 18.2 Å². The summed E-state index contributed by atoms with van der Waals surface area (Å²) in [4.78, 5) is 4.38. The third-order valence-corrected chi connectivity index (χ3v) is 2.45. The maximum Gasteiger partial charge on any atom is 0.172 e. The first-order chi connectivity index (χ1) is 8.36. The van der Waals surface area contributed by atoms with Gasteiger partial charge in [-0.15, -0.1) is 0 Å². The quantitative estimate of drug-likeness (QED) is 0.356. The van der Waals surface area contributed by atoms with Gasteiger partial charge in [-0.3, -0.25) is 4.99 Å². The number of hydrogen-bond acceptors (Lipinski definition) is 4. The maximum absolute atomic E-state index is 5.62. The fourth-order valence-corrected chi connectivity index (χ4v) is 1.69. The van der Waals surface area contributed by atoms with Crippen LogP contribution in [0.3, 0.4) is 0 Å². The number of amidine groups is 1. The molecule has 3 N–H and O–H groups in total. The summed E-state index contributed by atoms with van der Waals surface area (Å²) in [6.07, 6.45) is 0.970. The van der Waals surface area contributed by atoms with Gasteiger partial charge < -0.3 is 14.9 Å². The molecule has 17 heavy (non-hydrogen) atoms. The number of aliphatic imine (C=N–C) groups is 1. The second-order valence-electron chi connectivity index (χ2n) is 3.70. The van der Waals surface area contributed by atoms with Crippen LogP contribution in [-0.2, 0) is 0 Å². The van der Waals surface area contributed by atoms with E-state index >= 15 is 0 Å². The molecule has 5 nitrogen and oxygen atoms in total. The number of benzene rings is 1. The van der Waals surface area contributed by atoms with Crippen LogP contribution in [-0.4, -0.2) is 25.6 Å². The summed E-state index contributed by atoms with van der Waals surface area (Å²) in [5.74, 6) is 7.59. The Balaban J connectivity index is 2.36.